The Morgan fingerprint density at radius 1 is 1.17 bits per heavy atom. The molecule has 0 aromatic rings. The van der Waals surface area contributed by atoms with Gasteiger partial charge in [-0.05, 0) is 32.9 Å². The van der Waals surface area contributed by atoms with Crippen molar-refractivity contribution in [2.45, 2.75) is 44.1 Å². The number of carboxylic acid groups (broad SMARTS) is 2. The Morgan fingerprint density at radius 2 is 1.79 bits per heavy atom. The lowest BCUT2D eigenvalue weighted by molar-refractivity contribution is -0.141. The zero-order valence-corrected chi connectivity index (χ0v) is 14.2. The minimum absolute atomic E-state index is 0.0281. The van der Waals surface area contributed by atoms with Gasteiger partial charge in [0.05, 0.1) is 0 Å². The minimum Gasteiger partial charge on any atom is -0.481 e. The zero-order valence-electron chi connectivity index (χ0n) is 13.3. The molecule has 0 saturated carbocycles. The molecular formula is C13H24N2O8S. The van der Waals surface area contributed by atoms with Crippen LogP contribution in [0.3, 0.4) is 0 Å². The summed E-state index contributed by atoms with van der Waals surface area (Å²) in [5, 5.41) is 38.0. The summed E-state index contributed by atoms with van der Waals surface area (Å²) < 4.78 is 4.26. The number of carboxylic acids is 2. The van der Waals surface area contributed by atoms with Gasteiger partial charge in [-0.25, -0.2) is 4.79 Å². The van der Waals surface area contributed by atoms with Crippen LogP contribution < -0.4 is 5.32 Å². The standard InChI is InChI=1S/C13H24N2O8S/c1-15(6-2-3-10(16)17)7-9(12(20)21)14-8(13(22)23-24)4-5-11(18)19/h8-10,14,16-17,24H,2-7H2,1H3,(H,18,19)(H,20,21). The summed E-state index contributed by atoms with van der Waals surface area (Å²) in [4.78, 5) is 35.2. The Balaban J connectivity index is 4.67. The topological polar surface area (TPSA) is 157 Å². The number of hydrogen-bond acceptors (Lipinski definition) is 9. The third-order valence-corrected chi connectivity index (χ3v) is 3.40. The summed E-state index contributed by atoms with van der Waals surface area (Å²) in [6.07, 6.45) is -1.29. The predicted octanol–water partition coefficient (Wildman–Crippen LogP) is -1.33. The van der Waals surface area contributed by atoms with Gasteiger partial charge in [0.2, 0.25) is 0 Å². The number of likely N-dealkylation sites (N-methyl/N-ethyl adjacent to an activating group) is 1. The van der Waals surface area contributed by atoms with Gasteiger partial charge in [-0.15, -0.1) is 0 Å². The third-order valence-electron chi connectivity index (χ3n) is 3.22. The molecule has 0 radical (unpaired) electrons. The second-order valence-corrected chi connectivity index (χ2v) is 5.52. The molecule has 0 aromatic carbocycles. The first-order valence-electron chi connectivity index (χ1n) is 7.28. The molecule has 0 aromatic heterocycles. The molecule has 5 N–H and O–H groups in total. The van der Waals surface area contributed by atoms with E-state index in [1.807, 2.05) is 0 Å². The second kappa shape index (κ2) is 12.0. The van der Waals surface area contributed by atoms with Crippen molar-refractivity contribution in [2.24, 2.45) is 0 Å². The summed E-state index contributed by atoms with van der Waals surface area (Å²) in [5.74, 6) is -3.20. The molecule has 0 aliphatic heterocycles. The molecule has 24 heavy (non-hydrogen) atoms. The normalized spacial score (nSPS) is 13.8. The number of aliphatic hydroxyl groups is 2. The molecule has 10 nitrogen and oxygen atoms in total. The van der Waals surface area contributed by atoms with Gasteiger partial charge in [0.15, 0.2) is 6.29 Å². The van der Waals surface area contributed by atoms with Crippen LogP contribution in [0.2, 0.25) is 0 Å². The summed E-state index contributed by atoms with van der Waals surface area (Å²) in [5.41, 5.74) is 0. The van der Waals surface area contributed by atoms with Crippen molar-refractivity contribution in [1.82, 2.24) is 10.2 Å². The van der Waals surface area contributed by atoms with Crippen LogP contribution in [0.5, 0.6) is 0 Å². The van der Waals surface area contributed by atoms with Crippen molar-refractivity contribution < 1.29 is 39.0 Å². The van der Waals surface area contributed by atoms with Crippen LogP contribution in [0.15, 0.2) is 0 Å². The van der Waals surface area contributed by atoms with Gasteiger partial charge in [-0.3, -0.25) is 14.9 Å². The Hall–Kier alpha value is -1.40. The number of thiol groups is 1. The molecule has 2 atom stereocenters. The largest absolute Gasteiger partial charge is 0.481 e. The van der Waals surface area contributed by atoms with Crippen molar-refractivity contribution in [3.05, 3.63) is 0 Å². The van der Waals surface area contributed by atoms with Crippen molar-refractivity contribution >= 4 is 30.8 Å². The summed E-state index contributed by atoms with van der Waals surface area (Å²) in [6.45, 7) is 0.445. The average molecular weight is 368 g/mol. The number of hydrogen-bond donors (Lipinski definition) is 6. The SMILES string of the molecule is CN(CCCC(O)O)CC(NC(CCC(=O)O)C(=O)OS)C(=O)O. The monoisotopic (exact) mass is 368 g/mol. The number of nitrogens with one attached hydrogen (secondary N) is 1. The highest BCUT2D eigenvalue weighted by Crippen LogP contribution is 2.05. The van der Waals surface area contributed by atoms with E-state index in [4.69, 9.17) is 15.3 Å². The van der Waals surface area contributed by atoms with Crippen molar-refractivity contribution in [3.63, 3.8) is 0 Å². The molecule has 0 bridgehead atoms. The van der Waals surface area contributed by atoms with Gasteiger partial charge in [0.1, 0.15) is 12.1 Å². The van der Waals surface area contributed by atoms with E-state index in [0.29, 0.717) is 13.0 Å². The summed E-state index contributed by atoms with van der Waals surface area (Å²) in [7, 11) is 1.64. The van der Waals surface area contributed by atoms with Gasteiger partial charge in [0, 0.05) is 25.9 Å². The minimum atomic E-state index is -1.42. The lowest BCUT2D eigenvalue weighted by atomic mass is 10.1. The van der Waals surface area contributed by atoms with E-state index in [1.165, 1.54) is 0 Å². The van der Waals surface area contributed by atoms with E-state index in [1.54, 1.807) is 11.9 Å². The summed E-state index contributed by atoms with van der Waals surface area (Å²) >= 11 is 3.37. The average Bonchev–Trinajstić information content (AvgIpc) is 2.48. The van der Waals surface area contributed by atoms with Gasteiger partial charge in [0.25, 0.3) is 0 Å². The first-order valence-corrected chi connectivity index (χ1v) is 7.64. The van der Waals surface area contributed by atoms with Gasteiger partial charge in [-0.1, -0.05) is 0 Å². The lowest BCUT2D eigenvalue weighted by Gasteiger charge is -2.25. The molecule has 0 rings (SSSR count). The third kappa shape index (κ3) is 10.4. The van der Waals surface area contributed by atoms with Crippen molar-refractivity contribution in [3.8, 4) is 0 Å². The van der Waals surface area contributed by atoms with Crippen LogP contribution in [0, 0.1) is 0 Å². The van der Waals surface area contributed by atoms with Crippen LogP contribution in [0.25, 0.3) is 0 Å². The van der Waals surface area contributed by atoms with E-state index in [0.717, 1.165) is 0 Å². The Kier molecular flexibility index (Phi) is 11.3. The van der Waals surface area contributed by atoms with Crippen LogP contribution in [-0.4, -0.2) is 81.7 Å². The molecule has 0 saturated heterocycles. The molecule has 0 spiro atoms. The van der Waals surface area contributed by atoms with Gasteiger partial charge in [-0.2, -0.15) is 0 Å². The Labute approximate surface area is 145 Å². The predicted molar refractivity (Wildman–Crippen MR) is 85.3 cm³/mol. The van der Waals surface area contributed by atoms with E-state index >= 15 is 0 Å². The van der Waals surface area contributed by atoms with Crippen LogP contribution in [-0.2, 0) is 18.6 Å². The molecule has 0 heterocycles. The molecule has 0 amide bonds. The highest BCUT2D eigenvalue weighted by molar-refractivity contribution is 7.75. The Bertz CT molecular complexity index is 421. The molecular weight excluding hydrogens is 344 g/mol. The van der Waals surface area contributed by atoms with Crippen LogP contribution in [0.4, 0.5) is 0 Å². The second-order valence-electron chi connectivity index (χ2n) is 5.34. The van der Waals surface area contributed by atoms with Crippen LogP contribution >= 0.6 is 12.9 Å². The number of aliphatic carboxylic acids is 2. The summed E-state index contributed by atoms with van der Waals surface area (Å²) in [6, 6.07) is -2.26. The van der Waals surface area contributed by atoms with E-state index < -0.39 is 36.3 Å². The lowest BCUT2D eigenvalue weighted by Crippen LogP contribution is -2.52. The maximum absolute atomic E-state index is 11.6. The number of carbonyl (C=O) groups is 3. The number of aliphatic hydroxyl groups excluding tert-OH is 1. The zero-order chi connectivity index (χ0) is 18.7. The molecule has 0 aliphatic carbocycles. The highest BCUT2D eigenvalue weighted by Gasteiger charge is 2.28. The Morgan fingerprint density at radius 3 is 2.25 bits per heavy atom. The smallest absolute Gasteiger partial charge is 0.334 e. The maximum atomic E-state index is 11.6. The first kappa shape index (κ1) is 22.6. The highest BCUT2D eigenvalue weighted by atomic mass is 32.1. The first-order chi connectivity index (χ1) is 11.2. The molecule has 0 fully saturated rings. The van der Waals surface area contributed by atoms with Gasteiger partial charge >= 0.3 is 17.9 Å². The van der Waals surface area contributed by atoms with Crippen LogP contribution in [0.1, 0.15) is 25.7 Å². The number of nitrogens with zero attached hydrogens (tertiary/aromatic N) is 1. The fourth-order valence-corrected chi connectivity index (χ4v) is 2.12. The number of carbonyl (C=O) groups excluding carboxylic acids is 1. The van der Waals surface area contributed by atoms with E-state index in [9.17, 15) is 19.5 Å². The molecule has 140 valence electrons. The molecule has 2 unspecified atom stereocenters. The fraction of sp³-hybridized carbons (Fsp3) is 0.769. The maximum Gasteiger partial charge on any atom is 0.334 e. The molecule has 11 heteroatoms. The quantitative estimate of drug-likeness (QED) is 0.131. The van der Waals surface area contributed by atoms with Gasteiger partial charge < -0.3 is 29.5 Å². The molecule has 0 aliphatic rings. The van der Waals surface area contributed by atoms with E-state index in [2.05, 4.69) is 22.4 Å². The van der Waals surface area contributed by atoms with E-state index in [-0.39, 0.29) is 25.8 Å². The number of rotatable bonds is 13. The van der Waals surface area contributed by atoms with Crippen molar-refractivity contribution in [2.75, 3.05) is 20.1 Å². The van der Waals surface area contributed by atoms with Crippen molar-refractivity contribution in [1.29, 1.82) is 0 Å². The fourth-order valence-electron chi connectivity index (χ4n) is 1.99.